The number of nitrogens with zero attached hydrogens (tertiary/aromatic N) is 1. The molecule has 1 atom stereocenters. The lowest BCUT2D eigenvalue weighted by Gasteiger charge is -2.21. The van der Waals surface area contributed by atoms with E-state index >= 15 is 0 Å². The molecule has 5 nitrogen and oxygen atoms in total. The SMILES string of the molecule is CN(CC1CCCO1)S(=O)(=O)c1ccc(CN)cc1Br. The molecule has 0 radical (unpaired) electrons. The van der Waals surface area contributed by atoms with Crippen LogP contribution in [0.25, 0.3) is 0 Å². The van der Waals surface area contributed by atoms with E-state index in [1.807, 2.05) is 0 Å². The van der Waals surface area contributed by atoms with Crippen molar-refractivity contribution in [2.75, 3.05) is 20.2 Å². The molecule has 0 saturated carbocycles. The number of hydrogen-bond donors (Lipinski definition) is 1. The second-order valence-electron chi connectivity index (χ2n) is 4.89. The fraction of sp³-hybridized carbons (Fsp3) is 0.538. The summed E-state index contributed by atoms with van der Waals surface area (Å²) in [5.41, 5.74) is 6.44. The van der Waals surface area contributed by atoms with Gasteiger partial charge in [-0.05, 0) is 46.5 Å². The van der Waals surface area contributed by atoms with E-state index in [4.69, 9.17) is 10.5 Å². The highest BCUT2D eigenvalue weighted by Crippen LogP contribution is 2.26. The summed E-state index contributed by atoms with van der Waals surface area (Å²) in [4.78, 5) is 0.259. The largest absolute Gasteiger partial charge is 0.377 e. The van der Waals surface area contributed by atoms with Crippen molar-refractivity contribution in [3.05, 3.63) is 28.2 Å². The molecule has 112 valence electrons. The van der Waals surface area contributed by atoms with Crippen LogP contribution >= 0.6 is 15.9 Å². The maximum Gasteiger partial charge on any atom is 0.244 e. The molecule has 0 bridgehead atoms. The van der Waals surface area contributed by atoms with Crippen molar-refractivity contribution in [3.8, 4) is 0 Å². The van der Waals surface area contributed by atoms with Gasteiger partial charge in [-0.1, -0.05) is 6.07 Å². The van der Waals surface area contributed by atoms with E-state index in [9.17, 15) is 8.42 Å². The number of hydrogen-bond acceptors (Lipinski definition) is 4. The lowest BCUT2D eigenvalue weighted by atomic mass is 10.2. The number of sulfonamides is 1. The molecular weight excluding hydrogens is 344 g/mol. The third-order valence-corrected chi connectivity index (χ3v) is 6.21. The zero-order valence-electron chi connectivity index (χ0n) is 11.4. The molecule has 1 aliphatic rings. The van der Waals surface area contributed by atoms with Crippen molar-refractivity contribution in [1.82, 2.24) is 4.31 Å². The van der Waals surface area contributed by atoms with Gasteiger partial charge in [0.15, 0.2) is 0 Å². The zero-order chi connectivity index (χ0) is 14.8. The van der Waals surface area contributed by atoms with E-state index in [2.05, 4.69) is 15.9 Å². The van der Waals surface area contributed by atoms with Gasteiger partial charge in [-0.2, -0.15) is 4.31 Å². The first-order chi connectivity index (χ1) is 9.45. The van der Waals surface area contributed by atoms with Crippen molar-refractivity contribution in [2.45, 2.75) is 30.4 Å². The molecule has 0 aromatic heterocycles. The van der Waals surface area contributed by atoms with Crippen molar-refractivity contribution in [3.63, 3.8) is 0 Å². The summed E-state index contributed by atoms with van der Waals surface area (Å²) in [6.07, 6.45) is 1.90. The first kappa shape index (κ1) is 15.9. The molecule has 0 aliphatic carbocycles. The highest BCUT2D eigenvalue weighted by molar-refractivity contribution is 9.10. The molecule has 1 unspecified atom stereocenters. The molecule has 1 saturated heterocycles. The summed E-state index contributed by atoms with van der Waals surface area (Å²) in [5, 5.41) is 0. The molecule has 20 heavy (non-hydrogen) atoms. The van der Waals surface area contributed by atoms with E-state index in [0.29, 0.717) is 24.2 Å². The summed E-state index contributed by atoms with van der Waals surface area (Å²) >= 11 is 3.31. The molecule has 2 rings (SSSR count). The van der Waals surface area contributed by atoms with E-state index in [1.165, 1.54) is 4.31 Å². The van der Waals surface area contributed by atoms with Crippen LogP contribution in [0.3, 0.4) is 0 Å². The molecule has 1 fully saturated rings. The third-order valence-electron chi connectivity index (χ3n) is 3.40. The van der Waals surface area contributed by atoms with Crippen LogP contribution in [0.5, 0.6) is 0 Å². The Balaban J connectivity index is 2.20. The van der Waals surface area contributed by atoms with Gasteiger partial charge < -0.3 is 10.5 Å². The normalized spacial score (nSPS) is 19.7. The smallest absolute Gasteiger partial charge is 0.244 e. The van der Waals surface area contributed by atoms with Gasteiger partial charge in [0.05, 0.1) is 11.0 Å². The summed E-state index contributed by atoms with van der Waals surface area (Å²) in [5.74, 6) is 0. The van der Waals surface area contributed by atoms with Crippen molar-refractivity contribution >= 4 is 26.0 Å². The summed E-state index contributed by atoms with van der Waals surface area (Å²) in [6, 6.07) is 5.07. The monoisotopic (exact) mass is 362 g/mol. The first-order valence-corrected chi connectivity index (χ1v) is 8.75. The molecule has 0 spiro atoms. The van der Waals surface area contributed by atoms with E-state index in [0.717, 1.165) is 18.4 Å². The Morgan fingerprint density at radius 2 is 2.25 bits per heavy atom. The lowest BCUT2D eigenvalue weighted by molar-refractivity contribution is 0.0979. The molecule has 1 aromatic rings. The zero-order valence-corrected chi connectivity index (χ0v) is 13.8. The Kier molecular flexibility index (Phi) is 5.19. The maximum atomic E-state index is 12.5. The minimum absolute atomic E-state index is 0.00290. The Labute approximate surface area is 128 Å². The number of halogens is 1. The van der Waals surface area contributed by atoms with E-state index in [1.54, 1.807) is 25.2 Å². The fourth-order valence-electron chi connectivity index (χ4n) is 2.22. The van der Waals surface area contributed by atoms with Crippen LogP contribution in [0.1, 0.15) is 18.4 Å². The number of nitrogens with two attached hydrogens (primary N) is 1. The number of ether oxygens (including phenoxy) is 1. The van der Waals surface area contributed by atoms with E-state index in [-0.39, 0.29) is 11.0 Å². The first-order valence-electron chi connectivity index (χ1n) is 6.51. The molecule has 7 heteroatoms. The number of likely N-dealkylation sites (N-methyl/N-ethyl adjacent to an activating group) is 1. The highest BCUT2D eigenvalue weighted by Gasteiger charge is 2.27. The molecule has 2 N–H and O–H groups in total. The summed E-state index contributed by atoms with van der Waals surface area (Å²) < 4.78 is 32.5. The number of rotatable bonds is 5. The quantitative estimate of drug-likeness (QED) is 0.865. The maximum absolute atomic E-state index is 12.5. The lowest BCUT2D eigenvalue weighted by Crippen LogP contribution is -2.34. The van der Waals surface area contributed by atoms with Crippen LogP contribution in [-0.4, -0.2) is 39.0 Å². The third kappa shape index (κ3) is 3.40. The van der Waals surface area contributed by atoms with Gasteiger partial charge in [-0.15, -0.1) is 0 Å². The van der Waals surface area contributed by atoms with Crippen LogP contribution in [0, 0.1) is 0 Å². The van der Waals surface area contributed by atoms with Gasteiger partial charge in [0.25, 0.3) is 0 Å². The predicted molar refractivity (Wildman–Crippen MR) is 80.8 cm³/mol. The standard InChI is InChI=1S/C13H19BrN2O3S/c1-16(9-11-3-2-6-19-11)20(17,18)13-5-4-10(8-15)7-12(13)14/h4-5,7,11H,2-3,6,8-9,15H2,1H3. The van der Waals surface area contributed by atoms with Gasteiger partial charge in [0.1, 0.15) is 0 Å². The van der Waals surface area contributed by atoms with Crippen LogP contribution < -0.4 is 5.73 Å². The van der Waals surface area contributed by atoms with Crippen LogP contribution in [0.4, 0.5) is 0 Å². The number of benzene rings is 1. The van der Waals surface area contributed by atoms with Crippen molar-refractivity contribution < 1.29 is 13.2 Å². The predicted octanol–water partition coefficient (Wildman–Crippen LogP) is 1.71. The molecule has 1 aliphatic heterocycles. The minimum Gasteiger partial charge on any atom is -0.377 e. The van der Waals surface area contributed by atoms with Gasteiger partial charge >= 0.3 is 0 Å². The second-order valence-corrected chi connectivity index (χ2v) is 7.76. The fourth-order valence-corrected chi connectivity index (χ4v) is 4.51. The minimum atomic E-state index is -3.52. The Morgan fingerprint density at radius 3 is 2.80 bits per heavy atom. The Bertz CT molecular complexity index is 571. The van der Waals surface area contributed by atoms with Gasteiger partial charge in [0.2, 0.25) is 10.0 Å². The van der Waals surface area contributed by atoms with Gasteiger partial charge in [0, 0.05) is 31.2 Å². The Hall–Kier alpha value is -0.470. The summed E-state index contributed by atoms with van der Waals surface area (Å²) in [6.45, 7) is 1.48. The molecule has 1 heterocycles. The molecule has 1 aromatic carbocycles. The van der Waals surface area contributed by atoms with E-state index < -0.39 is 10.0 Å². The average Bonchev–Trinajstić information content (AvgIpc) is 2.91. The Morgan fingerprint density at radius 1 is 1.50 bits per heavy atom. The topological polar surface area (TPSA) is 72.6 Å². The van der Waals surface area contributed by atoms with Crippen LogP contribution in [0.2, 0.25) is 0 Å². The highest BCUT2D eigenvalue weighted by atomic mass is 79.9. The van der Waals surface area contributed by atoms with Crippen LogP contribution in [0.15, 0.2) is 27.6 Å². The molecule has 0 amide bonds. The molecular formula is C13H19BrN2O3S. The average molecular weight is 363 g/mol. The van der Waals surface area contributed by atoms with Gasteiger partial charge in [-0.25, -0.2) is 8.42 Å². The van der Waals surface area contributed by atoms with Crippen molar-refractivity contribution in [1.29, 1.82) is 0 Å². The van der Waals surface area contributed by atoms with Gasteiger partial charge in [-0.3, -0.25) is 0 Å². The second kappa shape index (κ2) is 6.53. The van der Waals surface area contributed by atoms with Crippen LogP contribution in [-0.2, 0) is 21.3 Å². The van der Waals surface area contributed by atoms with Crippen molar-refractivity contribution in [2.24, 2.45) is 5.73 Å². The summed E-state index contributed by atoms with van der Waals surface area (Å²) in [7, 11) is -1.93.